The zero-order chi connectivity index (χ0) is 49.5. The van der Waals surface area contributed by atoms with E-state index < -0.39 is 14.8 Å². The number of hydrogen-bond donors (Lipinski definition) is 0. The highest BCUT2D eigenvalue weighted by Gasteiger charge is 2.40. The number of carbonyl (C=O) groups is 2. The molecule has 0 aromatic carbocycles. The number of thioether (sulfide) groups is 2. The molecule has 0 radical (unpaired) electrons. The van der Waals surface area contributed by atoms with Crippen molar-refractivity contribution in [2.24, 2.45) is 5.41 Å². The van der Waals surface area contributed by atoms with Crippen molar-refractivity contribution in [3.05, 3.63) is 0 Å². The maximum atomic E-state index is 12.4. The molecule has 372 valence electrons. The van der Waals surface area contributed by atoms with Crippen molar-refractivity contribution in [2.45, 2.75) is 269 Å². The Labute approximate surface area is 406 Å². The minimum atomic E-state index is -0.570. The fourth-order valence-electron chi connectivity index (χ4n) is 6.52. The first-order valence-corrected chi connectivity index (χ1v) is 30.8. The van der Waals surface area contributed by atoms with Crippen LogP contribution >= 0.6 is 61.1 Å². The Morgan fingerprint density at radius 2 is 0.694 bits per heavy atom. The summed E-state index contributed by atoms with van der Waals surface area (Å²) in [5, 5.41) is 0.457. The van der Waals surface area contributed by atoms with Gasteiger partial charge in [0.05, 0.1) is 24.4 Å². The molecule has 0 unspecified atom stereocenters. The van der Waals surface area contributed by atoms with Gasteiger partial charge in [-0.2, -0.15) is 0 Å². The van der Waals surface area contributed by atoms with Crippen LogP contribution in [0.1, 0.15) is 200 Å². The highest BCUT2D eigenvalue weighted by atomic mass is 32.7. The summed E-state index contributed by atoms with van der Waals surface area (Å²) in [5.74, 6) is 1.37. The fraction of sp³-hybridized carbons (Fsp3) is 0.958. The molecular formula is C48H102N4O4P2S4. The summed E-state index contributed by atoms with van der Waals surface area (Å²) in [6, 6.07) is 3.81. The molecule has 0 N–H and O–H groups in total. The molecule has 0 fully saturated rings. The van der Waals surface area contributed by atoms with E-state index in [1.165, 1.54) is 23.5 Å². The lowest BCUT2D eigenvalue weighted by Crippen LogP contribution is -2.43. The summed E-state index contributed by atoms with van der Waals surface area (Å²) in [6.45, 7) is 63.7. The van der Waals surface area contributed by atoms with E-state index >= 15 is 0 Å². The molecule has 0 atom stereocenters. The molecule has 0 aromatic heterocycles. The normalized spacial score (nSPS) is 14.1. The van der Waals surface area contributed by atoms with E-state index in [-0.39, 0.29) is 36.3 Å². The van der Waals surface area contributed by atoms with Crippen molar-refractivity contribution >= 4 is 71.4 Å². The van der Waals surface area contributed by atoms with Gasteiger partial charge < -0.3 is 9.47 Å². The summed E-state index contributed by atoms with van der Waals surface area (Å²) in [4.78, 5) is 24.1. The Kier molecular flexibility index (Phi) is 30.4. The molecule has 0 aliphatic carbocycles. The zero-order valence-electron chi connectivity index (χ0n) is 45.6. The SMILES string of the molecule is CC(C)N(C(C)C)P(SC(C)(C)COC(C)(C)CSC(=O)C(C)(C)C)N(C(C)C)C(C)C.CCC(=O)SCC(C)(C)OCC(C)(C)SP(N(C(C)C)C(C)C)N(C(C)C)C(C)C. The van der Waals surface area contributed by atoms with Gasteiger partial charge in [0.15, 0.2) is 10.2 Å². The molecule has 0 aromatic rings. The van der Waals surface area contributed by atoms with Gasteiger partial charge in [0.2, 0.25) is 0 Å². The summed E-state index contributed by atoms with van der Waals surface area (Å²) < 4.78 is 23.5. The molecular weight excluding hydrogens is 887 g/mol. The van der Waals surface area contributed by atoms with Crippen LogP contribution in [0.25, 0.3) is 0 Å². The van der Waals surface area contributed by atoms with E-state index in [9.17, 15) is 9.59 Å². The van der Waals surface area contributed by atoms with Gasteiger partial charge in [0, 0.05) is 81.2 Å². The van der Waals surface area contributed by atoms with Crippen molar-refractivity contribution in [2.75, 3.05) is 24.7 Å². The van der Waals surface area contributed by atoms with Gasteiger partial charge in [-0.05, 0) is 166 Å². The largest absolute Gasteiger partial charge is 0.373 e. The third-order valence-electron chi connectivity index (χ3n) is 9.33. The van der Waals surface area contributed by atoms with E-state index in [1.807, 2.05) is 27.7 Å². The van der Waals surface area contributed by atoms with E-state index in [1.54, 1.807) is 0 Å². The van der Waals surface area contributed by atoms with Gasteiger partial charge in [0.25, 0.3) is 0 Å². The second-order valence-electron chi connectivity index (χ2n) is 22.4. The van der Waals surface area contributed by atoms with Gasteiger partial charge in [-0.25, -0.2) is 0 Å². The third-order valence-corrected chi connectivity index (χ3v) is 25.5. The molecule has 0 aliphatic heterocycles. The second-order valence-corrected chi connectivity index (χ2v) is 32.9. The van der Waals surface area contributed by atoms with E-state index in [0.29, 0.717) is 79.5 Å². The van der Waals surface area contributed by atoms with Crippen LogP contribution < -0.4 is 0 Å². The Bertz CT molecular complexity index is 1200. The highest BCUT2D eigenvalue weighted by Crippen LogP contribution is 2.65. The van der Waals surface area contributed by atoms with Crippen molar-refractivity contribution in [1.82, 2.24) is 18.7 Å². The average molecular weight is 990 g/mol. The lowest BCUT2D eigenvalue weighted by atomic mass is 10.00. The van der Waals surface area contributed by atoms with Gasteiger partial charge in [0.1, 0.15) is 14.8 Å². The molecule has 0 aliphatic rings. The van der Waals surface area contributed by atoms with E-state index in [2.05, 4.69) is 208 Å². The lowest BCUT2D eigenvalue weighted by Gasteiger charge is -2.48. The highest BCUT2D eigenvalue weighted by molar-refractivity contribution is 8.55. The molecule has 0 spiro atoms. The minimum Gasteiger partial charge on any atom is -0.373 e. The van der Waals surface area contributed by atoms with Gasteiger partial charge in [-0.1, -0.05) is 74.0 Å². The standard InChI is InChI=1S/C25H53N2O2PS2.C23H49N2O2PS2/c1-18(2)26(19(3)4)30(27(20(5)6)21(7)8)32-25(14,15)16-29-24(12,13)17-31-22(28)23(9,10)11;1-14-21(26)29-16-22(10,11)27-15-23(12,13)30-28(24(17(2)3)18(4)5)25(19(6)7)20(8)9/h18-21H,16-17H2,1-15H3;17-20H,14-16H2,1-13H3. The molecule has 0 saturated carbocycles. The van der Waals surface area contributed by atoms with Crippen LogP contribution in [0, 0.1) is 5.41 Å². The van der Waals surface area contributed by atoms with Crippen LogP contribution in [0.2, 0.25) is 0 Å². The first-order chi connectivity index (χ1) is 27.8. The van der Waals surface area contributed by atoms with Crippen LogP contribution in [0.3, 0.4) is 0 Å². The van der Waals surface area contributed by atoms with Crippen molar-refractivity contribution < 1.29 is 19.1 Å². The summed E-state index contributed by atoms with van der Waals surface area (Å²) >= 11 is 6.92. The van der Waals surface area contributed by atoms with E-state index in [0.717, 1.165) is 0 Å². The smallest absolute Gasteiger partial charge is 0.194 e. The molecule has 0 heterocycles. The number of rotatable bonds is 27. The van der Waals surface area contributed by atoms with Gasteiger partial charge in [-0.15, -0.1) is 0 Å². The predicted molar refractivity (Wildman–Crippen MR) is 290 cm³/mol. The number of hydrogen-bond acceptors (Lipinski definition) is 12. The summed E-state index contributed by atoms with van der Waals surface area (Å²) in [6.07, 6.45) is 0.576. The number of ether oxygens (including phenoxy) is 2. The molecule has 62 heavy (non-hydrogen) atoms. The quantitative estimate of drug-likeness (QED) is 0.0737. The Morgan fingerprint density at radius 1 is 0.452 bits per heavy atom. The molecule has 0 bridgehead atoms. The Balaban J connectivity index is 0. The molecule has 0 rings (SSSR count). The number of carbonyl (C=O) groups excluding carboxylic acids is 2. The van der Waals surface area contributed by atoms with Crippen LogP contribution in [0.5, 0.6) is 0 Å². The molecule has 0 amide bonds. The molecule has 14 heteroatoms. The zero-order valence-corrected chi connectivity index (χ0v) is 50.7. The van der Waals surface area contributed by atoms with Crippen molar-refractivity contribution in [3.8, 4) is 0 Å². The first-order valence-electron chi connectivity index (χ1n) is 23.5. The van der Waals surface area contributed by atoms with Crippen LogP contribution in [0.4, 0.5) is 0 Å². The number of nitrogens with zero attached hydrogens (tertiary/aromatic N) is 4. The van der Waals surface area contributed by atoms with Crippen LogP contribution in [0.15, 0.2) is 0 Å². The Hall–Kier alpha value is 1.36. The molecule has 0 saturated heterocycles. The van der Waals surface area contributed by atoms with E-state index in [4.69, 9.17) is 9.47 Å². The van der Waals surface area contributed by atoms with Crippen molar-refractivity contribution in [3.63, 3.8) is 0 Å². The molecule has 8 nitrogen and oxygen atoms in total. The van der Waals surface area contributed by atoms with Gasteiger partial charge >= 0.3 is 0 Å². The maximum absolute atomic E-state index is 12.4. The maximum Gasteiger partial charge on any atom is 0.194 e. The van der Waals surface area contributed by atoms with Crippen molar-refractivity contribution in [1.29, 1.82) is 0 Å². The van der Waals surface area contributed by atoms with Crippen LogP contribution in [-0.2, 0) is 19.1 Å². The lowest BCUT2D eigenvalue weighted by molar-refractivity contribution is -0.117. The van der Waals surface area contributed by atoms with Gasteiger partial charge in [-0.3, -0.25) is 28.3 Å². The summed E-state index contributed by atoms with van der Waals surface area (Å²) in [7, 11) is -1.13. The second kappa shape index (κ2) is 28.8. The predicted octanol–water partition coefficient (Wildman–Crippen LogP) is 15.5. The monoisotopic (exact) mass is 989 g/mol. The summed E-state index contributed by atoms with van der Waals surface area (Å²) in [5.41, 5.74) is -0.987. The third kappa shape index (κ3) is 25.6. The topological polar surface area (TPSA) is 65.6 Å². The van der Waals surface area contributed by atoms with Crippen LogP contribution in [-0.4, -0.2) is 123 Å². The first kappa shape index (κ1) is 65.4. The fourth-order valence-corrected chi connectivity index (χ4v) is 22.1. The Morgan fingerprint density at radius 3 is 0.903 bits per heavy atom. The minimum absolute atomic E-state index is 0.0353. The average Bonchev–Trinajstić information content (AvgIpc) is 3.06.